The van der Waals surface area contributed by atoms with Crippen LogP contribution in [0, 0.1) is 0 Å². The fourth-order valence-electron chi connectivity index (χ4n) is 7.73. The van der Waals surface area contributed by atoms with Gasteiger partial charge >= 0.3 is 0 Å². The molecule has 0 atom stereocenters. The van der Waals surface area contributed by atoms with Crippen LogP contribution in [-0.4, -0.2) is 19.5 Å². The lowest BCUT2D eigenvalue weighted by Crippen LogP contribution is -2.03. The van der Waals surface area contributed by atoms with Crippen LogP contribution in [0.3, 0.4) is 0 Å². The number of para-hydroxylation sites is 3. The third kappa shape index (κ3) is 5.53. The molecule has 0 aliphatic heterocycles. The largest absolute Gasteiger partial charge is 0.456 e. The first-order chi connectivity index (χ1) is 26.7. The van der Waals surface area contributed by atoms with E-state index >= 15 is 0 Å². The summed E-state index contributed by atoms with van der Waals surface area (Å²) < 4.78 is 8.73. The first-order valence-electron chi connectivity index (χ1n) is 18.7. The maximum Gasteiger partial charge on any atom is 0.166 e. The quantitative estimate of drug-likeness (QED) is 0.159. The normalized spacial score (nSPS) is 11.6. The van der Waals surface area contributed by atoms with Crippen molar-refractivity contribution in [2.45, 2.75) is 26.2 Å². The van der Waals surface area contributed by atoms with E-state index in [2.05, 4.69) is 145 Å². The van der Waals surface area contributed by atoms with E-state index in [9.17, 15) is 0 Å². The number of furan rings is 1. The number of unbranched alkanes of at least 4 members (excludes halogenated alkanes) is 1. The molecule has 5 nitrogen and oxygen atoms in total. The van der Waals surface area contributed by atoms with Gasteiger partial charge in [-0.25, -0.2) is 15.0 Å². The molecule has 258 valence electrons. The number of benzene rings is 7. The zero-order valence-electron chi connectivity index (χ0n) is 29.9. The van der Waals surface area contributed by atoms with Gasteiger partial charge in [-0.15, -0.1) is 0 Å². The van der Waals surface area contributed by atoms with Crippen molar-refractivity contribution in [1.29, 1.82) is 0 Å². The summed E-state index contributed by atoms with van der Waals surface area (Å²) in [5.41, 5.74) is 11.3. The van der Waals surface area contributed by atoms with Crippen LogP contribution in [0.1, 0.15) is 25.3 Å². The van der Waals surface area contributed by atoms with E-state index in [0.717, 1.165) is 72.7 Å². The Bertz CT molecular complexity index is 2980. The summed E-state index contributed by atoms with van der Waals surface area (Å²) in [6.45, 7) is 2.23. The summed E-state index contributed by atoms with van der Waals surface area (Å²) >= 11 is 0. The van der Waals surface area contributed by atoms with Crippen LogP contribution in [0.15, 0.2) is 168 Å². The number of rotatable bonds is 8. The highest BCUT2D eigenvalue weighted by molar-refractivity contribution is 6.17. The van der Waals surface area contributed by atoms with Crippen LogP contribution in [0.2, 0.25) is 0 Å². The molecular weight excluding hydrogens is 661 g/mol. The fraction of sp³-hybridized carbons (Fsp3) is 0.0816. The Kier molecular flexibility index (Phi) is 7.84. The summed E-state index contributed by atoms with van der Waals surface area (Å²) in [5, 5.41) is 4.56. The van der Waals surface area contributed by atoms with Crippen LogP contribution in [0.25, 0.3) is 94.7 Å². The van der Waals surface area contributed by atoms with Gasteiger partial charge < -0.3 is 8.98 Å². The summed E-state index contributed by atoms with van der Waals surface area (Å²) in [7, 11) is 0. The molecule has 0 fully saturated rings. The zero-order valence-corrected chi connectivity index (χ0v) is 29.9. The number of fused-ring (bicyclic) bond motifs is 6. The first-order valence-corrected chi connectivity index (χ1v) is 18.7. The van der Waals surface area contributed by atoms with E-state index in [1.54, 1.807) is 0 Å². The van der Waals surface area contributed by atoms with Gasteiger partial charge in [0.05, 0.1) is 16.7 Å². The van der Waals surface area contributed by atoms with Gasteiger partial charge in [-0.2, -0.15) is 0 Å². The smallest absolute Gasteiger partial charge is 0.166 e. The molecule has 0 saturated heterocycles. The molecule has 0 spiro atoms. The van der Waals surface area contributed by atoms with Gasteiger partial charge in [0.15, 0.2) is 17.5 Å². The molecule has 54 heavy (non-hydrogen) atoms. The summed E-state index contributed by atoms with van der Waals surface area (Å²) in [6.07, 6.45) is 3.50. The molecule has 7 aromatic carbocycles. The average Bonchev–Trinajstić information content (AvgIpc) is 3.77. The molecule has 0 aliphatic carbocycles. The Morgan fingerprint density at radius 2 is 1.15 bits per heavy atom. The van der Waals surface area contributed by atoms with E-state index in [0.29, 0.717) is 17.5 Å². The third-order valence-corrected chi connectivity index (χ3v) is 10.5. The molecule has 3 heterocycles. The van der Waals surface area contributed by atoms with Crippen molar-refractivity contribution < 1.29 is 4.42 Å². The molecule has 0 N–H and O–H groups in total. The molecule has 0 radical (unpaired) electrons. The Morgan fingerprint density at radius 1 is 0.463 bits per heavy atom. The van der Waals surface area contributed by atoms with Gasteiger partial charge in [0.25, 0.3) is 0 Å². The maximum absolute atomic E-state index is 6.41. The summed E-state index contributed by atoms with van der Waals surface area (Å²) in [6, 6.07) is 57.3. The standard InChI is InChI=1S/C49H36N4O/c1-2-3-14-32-25-27-33(28-26-32)35-17-13-18-36(29-35)48-50-47(34-15-5-4-6-16-34)51-49(52-48)39-21-8-11-23-43(39)53-42-22-10-7-19-37(42)40-30-41-38-20-9-12-24-45(38)54-46(41)31-44(40)53/h4-13,15-31H,2-3,14H2,1H3. The Balaban J connectivity index is 1.16. The van der Waals surface area contributed by atoms with Crippen molar-refractivity contribution in [2.75, 3.05) is 0 Å². The SMILES string of the molecule is CCCCc1ccc(-c2cccc(-c3nc(-c4ccccc4)nc(-c4ccccc4-n4c5ccccc5c5cc6c(cc54)oc4ccccc46)n3)c2)cc1. The monoisotopic (exact) mass is 696 g/mol. The molecule has 10 aromatic rings. The molecule has 10 rings (SSSR count). The lowest BCUT2D eigenvalue weighted by atomic mass is 10.00. The van der Waals surface area contributed by atoms with Crippen LogP contribution in [0.4, 0.5) is 0 Å². The second kappa shape index (κ2) is 13.3. The number of aromatic nitrogens is 4. The minimum absolute atomic E-state index is 0.607. The first kappa shape index (κ1) is 31.9. The highest BCUT2D eigenvalue weighted by Crippen LogP contribution is 2.40. The predicted octanol–water partition coefficient (Wildman–Crippen LogP) is 12.9. The predicted molar refractivity (Wildman–Crippen MR) is 222 cm³/mol. The fourth-order valence-corrected chi connectivity index (χ4v) is 7.73. The van der Waals surface area contributed by atoms with Crippen molar-refractivity contribution in [1.82, 2.24) is 19.5 Å². The Labute approximate surface area is 313 Å². The lowest BCUT2D eigenvalue weighted by Gasteiger charge is -2.14. The van der Waals surface area contributed by atoms with Gasteiger partial charge in [-0.1, -0.05) is 135 Å². The van der Waals surface area contributed by atoms with E-state index in [-0.39, 0.29) is 0 Å². The molecule has 3 aromatic heterocycles. The van der Waals surface area contributed by atoms with Crippen LogP contribution >= 0.6 is 0 Å². The van der Waals surface area contributed by atoms with Crippen molar-refractivity contribution in [3.8, 4) is 51.0 Å². The molecular formula is C49H36N4O. The van der Waals surface area contributed by atoms with Crippen molar-refractivity contribution >= 4 is 43.7 Å². The molecule has 0 saturated carbocycles. The van der Waals surface area contributed by atoms with Crippen LogP contribution in [-0.2, 0) is 6.42 Å². The Morgan fingerprint density at radius 3 is 2.00 bits per heavy atom. The van der Waals surface area contributed by atoms with E-state index in [4.69, 9.17) is 19.4 Å². The number of aryl methyl sites for hydroxylation is 1. The highest BCUT2D eigenvalue weighted by Gasteiger charge is 2.21. The molecule has 0 aliphatic rings. The average molecular weight is 697 g/mol. The van der Waals surface area contributed by atoms with E-state index < -0.39 is 0 Å². The topological polar surface area (TPSA) is 56.7 Å². The van der Waals surface area contributed by atoms with Crippen molar-refractivity contribution in [2.24, 2.45) is 0 Å². The number of nitrogens with zero attached hydrogens (tertiary/aromatic N) is 4. The minimum Gasteiger partial charge on any atom is -0.456 e. The number of hydrogen-bond donors (Lipinski definition) is 0. The summed E-state index contributed by atoms with van der Waals surface area (Å²) in [5.74, 6) is 1.86. The van der Waals surface area contributed by atoms with Crippen LogP contribution < -0.4 is 0 Å². The van der Waals surface area contributed by atoms with Gasteiger partial charge in [0.1, 0.15) is 11.2 Å². The van der Waals surface area contributed by atoms with Gasteiger partial charge in [-0.05, 0) is 65.9 Å². The van der Waals surface area contributed by atoms with Crippen molar-refractivity contribution in [3.05, 3.63) is 169 Å². The molecule has 0 unspecified atom stereocenters. The molecule has 5 heteroatoms. The Hall–Kier alpha value is -6.85. The highest BCUT2D eigenvalue weighted by atomic mass is 16.3. The summed E-state index contributed by atoms with van der Waals surface area (Å²) in [4.78, 5) is 15.5. The van der Waals surface area contributed by atoms with Crippen LogP contribution in [0.5, 0.6) is 0 Å². The molecule has 0 amide bonds. The zero-order chi connectivity index (χ0) is 36.0. The second-order valence-electron chi connectivity index (χ2n) is 13.9. The molecule has 0 bridgehead atoms. The van der Waals surface area contributed by atoms with Gasteiger partial charge in [-0.3, -0.25) is 0 Å². The lowest BCUT2D eigenvalue weighted by molar-refractivity contribution is 0.669. The minimum atomic E-state index is 0.607. The maximum atomic E-state index is 6.41. The van der Waals surface area contributed by atoms with E-state index in [1.165, 1.54) is 29.4 Å². The van der Waals surface area contributed by atoms with Gasteiger partial charge in [0, 0.05) is 44.3 Å². The third-order valence-electron chi connectivity index (χ3n) is 10.5. The second-order valence-corrected chi connectivity index (χ2v) is 13.9. The van der Waals surface area contributed by atoms with Gasteiger partial charge in [0.2, 0.25) is 0 Å². The van der Waals surface area contributed by atoms with Crippen molar-refractivity contribution in [3.63, 3.8) is 0 Å². The number of hydrogen-bond acceptors (Lipinski definition) is 4. The van der Waals surface area contributed by atoms with E-state index in [1.807, 2.05) is 30.3 Å².